The molecule has 8 heteroatoms. The number of anilines is 2. The topological polar surface area (TPSA) is 72.0 Å². The minimum atomic E-state index is -3.24. The summed E-state index contributed by atoms with van der Waals surface area (Å²) in [5.74, 6) is 0.514. The van der Waals surface area contributed by atoms with Crippen LogP contribution >= 0.6 is 23.4 Å². The summed E-state index contributed by atoms with van der Waals surface area (Å²) in [6.07, 6.45) is 3.01. The Morgan fingerprint density at radius 2 is 2.00 bits per heavy atom. The third kappa shape index (κ3) is 3.84. The van der Waals surface area contributed by atoms with E-state index in [0.717, 1.165) is 0 Å². The van der Waals surface area contributed by atoms with E-state index in [1.165, 1.54) is 18.0 Å². The predicted octanol–water partition coefficient (Wildman–Crippen LogP) is 3.00. The van der Waals surface area contributed by atoms with Crippen LogP contribution in [0.25, 0.3) is 0 Å². The molecule has 1 aromatic carbocycles. The largest absolute Gasteiger partial charge is 0.340 e. The van der Waals surface area contributed by atoms with E-state index >= 15 is 0 Å². The SMILES string of the molecule is CSc1nc(Cl)cc(Nc2cccc(S(C)(=O)=O)c2)n1. The summed E-state index contributed by atoms with van der Waals surface area (Å²) in [7, 11) is -3.24. The van der Waals surface area contributed by atoms with E-state index in [1.54, 1.807) is 30.3 Å². The van der Waals surface area contributed by atoms with Gasteiger partial charge in [-0.25, -0.2) is 18.4 Å². The van der Waals surface area contributed by atoms with Crippen LogP contribution in [0.2, 0.25) is 5.15 Å². The number of halogens is 1. The lowest BCUT2D eigenvalue weighted by molar-refractivity contribution is 0.602. The first-order valence-electron chi connectivity index (χ1n) is 5.54. The number of hydrogen-bond acceptors (Lipinski definition) is 6. The summed E-state index contributed by atoms with van der Waals surface area (Å²) in [4.78, 5) is 8.52. The smallest absolute Gasteiger partial charge is 0.190 e. The summed E-state index contributed by atoms with van der Waals surface area (Å²) < 4.78 is 23.0. The van der Waals surface area contributed by atoms with E-state index in [4.69, 9.17) is 11.6 Å². The minimum Gasteiger partial charge on any atom is -0.340 e. The van der Waals surface area contributed by atoms with E-state index in [0.29, 0.717) is 21.8 Å². The Kier molecular flexibility index (Phi) is 4.52. The number of aromatic nitrogens is 2. The van der Waals surface area contributed by atoms with Crippen molar-refractivity contribution in [3.8, 4) is 0 Å². The van der Waals surface area contributed by atoms with Crippen LogP contribution in [-0.2, 0) is 9.84 Å². The highest BCUT2D eigenvalue weighted by atomic mass is 35.5. The van der Waals surface area contributed by atoms with Crippen LogP contribution in [-0.4, -0.2) is 30.9 Å². The van der Waals surface area contributed by atoms with Gasteiger partial charge in [0.05, 0.1) is 4.90 Å². The molecule has 0 unspecified atom stereocenters. The van der Waals surface area contributed by atoms with Gasteiger partial charge in [0, 0.05) is 18.0 Å². The maximum atomic E-state index is 11.5. The molecule has 0 saturated heterocycles. The molecule has 20 heavy (non-hydrogen) atoms. The zero-order valence-corrected chi connectivity index (χ0v) is 13.2. The van der Waals surface area contributed by atoms with Crippen LogP contribution in [0.3, 0.4) is 0 Å². The molecule has 2 rings (SSSR count). The molecule has 1 aromatic heterocycles. The van der Waals surface area contributed by atoms with Gasteiger partial charge in [-0.1, -0.05) is 29.4 Å². The molecule has 0 radical (unpaired) electrons. The Morgan fingerprint density at radius 3 is 2.65 bits per heavy atom. The summed E-state index contributed by atoms with van der Waals surface area (Å²) in [5, 5.41) is 3.88. The Labute approximate surface area is 126 Å². The zero-order chi connectivity index (χ0) is 14.8. The quantitative estimate of drug-likeness (QED) is 0.528. The number of sulfone groups is 1. The van der Waals surface area contributed by atoms with Crippen molar-refractivity contribution in [2.75, 3.05) is 17.8 Å². The third-order valence-electron chi connectivity index (χ3n) is 2.39. The Morgan fingerprint density at radius 1 is 1.25 bits per heavy atom. The molecule has 0 spiro atoms. The van der Waals surface area contributed by atoms with E-state index in [1.807, 2.05) is 6.26 Å². The Bertz CT molecular complexity index is 735. The molecule has 0 bridgehead atoms. The summed E-state index contributed by atoms with van der Waals surface area (Å²) in [5.41, 5.74) is 0.620. The van der Waals surface area contributed by atoms with Gasteiger partial charge in [-0.2, -0.15) is 0 Å². The first kappa shape index (κ1) is 15.1. The highest BCUT2D eigenvalue weighted by molar-refractivity contribution is 7.98. The van der Waals surface area contributed by atoms with Crippen LogP contribution in [0.4, 0.5) is 11.5 Å². The molecule has 0 atom stereocenters. The fourth-order valence-corrected chi connectivity index (χ4v) is 2.78. The zero-order valence-electron chi connectivity index (χ0n) is 10.8. The van der Waals surface area contributed by atoms with Gasteiger partial charge >= 0.3 is 0 Å². The normalized spacial score (nSPS) is 11.3. The van der Waals surface area contributed by atoms with E-state index in [9.17, 15) is 8.42 Å². The van der Waals surface area contributed by atoms with Gasteiger partial charge in [-0.05, 0) is 24.5 Å². The van der Waals surface area contributed by atoms with Crippen molar-refractivity contribution in [2.24, 2.45) is 0 Å². The van der Waals surface area contributed by atoms with Crippen molar-refractivity contribution in [2.45, 2.75) is 10.1 Å². The van der Waals surface area contributed by atoms with Crippen LogP contribution in [0, 0.1) is 0 Å². The maximum Gasteiger partial charge on any atom is 0.190 e. The van der Waals surface area contributed by atoms with Crippen LogP contribution in [0.1, 0.15) is 0 Å². The van der Waals surface area contributed by atoms with Crippen molar-refractivity contribution in [3.05, 3.63) is 35.5 Å². The number of thioether (sulfide) groups is 1. The van der Waals surface area contributed by atoms with E-state index < -0.39 is 9.84 Å². The average Bonchev–Trinajstić information content (AvgIpc) is 2.37. The Hall–Kier alpha value is -1.31. The number of benzene rings is 1. The fraction of sp³-hybridized carbons (Fsp3) is 0.167. The molecule has 0 amide bonds. The molecular weight excluding hydrogens is 318 g/mol. The van der Waals surface area contributed by atoms with Crippen LogP contribution < -0.4 is 5.32 Å². The maximum absolute atomic E-state index is 11.5. The molecular formula is C12H12ClN3O2S2. The molecule has 0 aliphatic rings. The van der Waals surface area contributed by atoms with Gasteiger partial charge in [0.15, 0.2) is 15.0 Å². The second kappa shape index (κ2) is 5.99. The van der Waals surface area contributed by atoms with Crippen molar-refractivity contribution < 1.29 is 8.42 Å². The summed E-state index contributed by atoms with van der Waals surface area (Å²) >= 11 is 7.27. The molecule has 0 aliphatic carbocycles. The highest BCUT2D eigenvalue weighted by Gasteiger charge is 2.08. The second-order valence-corrected chi connectivity index (χ2v) is 7.16. The lowest BCUT2D eigenvalue weighted by Crippen LogP contribution is -2.00. The van der Waals surface area contributed by atoms with Gasteiger partial charge in [0.25, 0.3) is 0 Å². The molecule has 1 N–H and O–H groups in total. The van der Waals surface area contributed by atoms with Gasteiger partial charge < -0.3 is 5.32 Å². The monoisotopic (exact) mass is 329 g/mol. The van der Waals surface area contributed by atoms with Crippen molar-refractivity contribution in [1.29, 1.82) is 0 Å². The Balaban J connectivity index is 2.33. The fourth-order valence-electron chi connectivity index (χ4n) is 1.50. The molecule has 2 aromatic rings. The molecule has 0 fully saturated rings. The number of nitrogens with one attached hydrogen (secondary N) is 1. The lowest BCUT2D eigenvalue weighted by Gasteiger charge is -2.08. The number of nitrogens with zero attached hydrogens (tertiary/aromatic N) is 2. The first-order valence-corrected chi connectivity index (χ1v) is 9.03. The van der Waals surface area contributed by atoms with Gasteiger partial charge in [-0.15, -0.1) is 0 Å². The molecule has 5 nitrogen and oxygen atoms in total. The van der Waals surface area contributed by atoms with Gasteiger partial charge in [-0.3, -0.25) is 0 Å². The van der Waals surface area contributed by atoms with Crippen LogP contribution in [0.15, 0.2) is 40.4 Å². The third-order valence-corrected chi connectivity index (χ3v) is 4.24. The highest BCUT2D eigenvalue weighted by Crippen LogP contribution is 2.22. The molecule has 0 saturated carbocycles. The summed E-state index contributed by atoms with van der Waals surface area (Å²) in [6.45, 7) is 0. The second-order valence-electron chi connectivity index (χ2n) is 3.99. The van der Waals surface area contributed by atoms with E-state index in [2.05, 4.69) is 15.3 Å². The first-order chi connectivity index (χ1) is 9.38. The van der Waals surface area contributed by atoms with Crippen molar-refractivity contribution in [1.82, 2.24) is 9.97 Å². The summed E-state index contributed by atoms with van der Waals surface area (Å²) in [6, 6.07) is 8.08. The van der Waals surface area contributed by atoms with Gasteiger partial charge in [0.1, 0.15) is 11.0 Å². The van der Waals surface area contributed by atoms with Gasteiger partial charge in [0.2, 0.25) is 0 Å². The number of rotatable bonds is 4. The van der Waals surface area contributed by atoms with Crippen molar-refractivity contribution >= 4 is 44.7 Å². The average molecular weight is 330 g/mol. The van der Waals surface area contributed by atoms with Crippen LogP contribution in [0.5, 0.6) is 0 Å². The lowest BCUT2D eigenvalue weighted by atomic mass is 10.3. The predicted molar refractivity (Wildman–Crippen MR) is 81.7 cm³/mol. The minimum absolute atomic E-state index is 0.243. The molecule has 106 valence electrons. The van der Waals surface area contributed by atoms with Crippen molar-refractivity contribution in [3.63, 3.8) is 0 Å². The standard InChI is InChI=1S/C12H12ClN3O2S2/c1-19-12-15-10(13)7-11(16-12)14-8-4-3-5-9(6-8)20(2,17)18/h3-7H,1-2H3,(H,14,15,16). The molecule has 0 aliphatic heterocycles. The number of hydrogen-bond donors (Lipinski definition) is 1. The molecule has 1 heterocycles. The van der Waals surface area contributed by atoms with E-state index in [-0.39, 0.29) is 4.90 Å².